The van der Waals surface area contributed by atoms with E-state index in [2.05, 4.69) is 10.6 Å². The first-order chi connectivity index (χ1) is 14.0. The highest BCUT2D eigenvalue weighted by Crippen LogP contribution is 2.44. The second-order valence-electron chi connectivity index (χ2n) is 6.63. The molecule has 1 aliphatic carbocycles. The highest BCUT2D eigenvalue weighted by Gasteiger charge is 2.30. The molecule has 0 saturated heterocycles. The first-order valence-electron chi connectivity index (χ1n) is 9.23. The van der Waals surface area contributed by atoms with Crippen molar-refractivity contribution in [2.45, 2.75) is 18.4 Å². The van der Waals surface area contributed by atoms with Crippen LogP contribution in [0.3, 0.4) is 0 Å². The highest BCUT2D eigenvalue weighted by atomic mass is 16.5. The summed E-state index contributed by atoms with van der Waals surface area (Å²) in [5, 5.41) is 22.4. The van der Waals surface area contributed by atoms with E-state index in [1.54, 1.807) is 0 Å². The molecule has 8 nitrogen and oxygen atoms in total. The van der Waals surface area contributed by atoms with E-state index in [1.807, 2.05) is 48.5 Å². The lowest BCUT2D eigenvalue weighted by molar-refractivity contribution is -0.139. The Kier molecular flexibility index (Phi) is 6.46. The van der Waals surface area contributed by atoms with Gasteiger partial charge in [-0.3, -0.25) is 9.59 Å². The summed E-state index contributed by atoms with van der Waals surface area (Å²) < 4.78 is 5.33. The number of aliphatic hydroxyl groups excluding tert-OH is 1. The molecule has 0 unspecified atom stereocenters. The first kappa shape index (κ1) is 20.3. The molecule has 0 saturated carbocycles. The monoisotopic (exact) mass is 398 g/mol. The van der Waals surface area contributed by atoms with Crippen LogP contribution in [0.5, 0.6) is 0 Å². The smallest absolute Gasteiger partial charge is 0.407 e. The molecule has 0 spiro atoms. The SMILES string of the molecule is O=C(O)C[C@H](NC(=O)OCC1c2ccccc2-c2ccccc21)C(=O)NCCO. The van der Waals surface area contributed by atoms with Crippen molar-refractivity contribution >= 4 is 18.0 Å². The third-order valence-electron chi connectivity index (χ3n) is 4.74. The predicted octanol–water partition coefficient (Wildman–Crippen LogP) is 1.48. The zero-order chi connectivity index (χ0) is 20.8. The summed E-state index contributed by atoms with van der Waals surface area (Å²) in [4.78, 5) is 35.2. The Labute approximate surface area is 167 Å². The van der Waals surface area contributed by atoms with Crippen molar-refractivity contribution in [1.29, 1.82) is 0 Å². The Balaban J connectivity index is 1.66. The number of alkyl carbamates (subject to hydrolysis) is 1. The second-order valence-corrected chi connectivity index (χ2v) is 6.63. The van der Waals surface area contributed by atoms with Gasteiger partial charge >= 0.3 is 12.1 Å². The Hall–Kier alpha value is -3.39. The maximum absolute atomic E-state index is 12.2. The number of hydrogen-bond acceptors (Lipinski definition) is 5. The van der Waals surface area contributed by atoms with E-state index in [-0.39, 0.29) is 25.7 Å². The Morgan fingerprint density at radius 1 is 1.00 bits per heavy atom. The summed E-state index contributed by atoms with van der Waals surface area (Å²) in [5.74, 6) is -2.09. The molecule has 0 bridgehead atoms. The quantitative estimate of drug-likeness (QED) is 0.534. The molecule has 2 aromatic carbocycles. The van der Waals surface area contributed by atoms with Crippen molar-refractivity contribution in [2.75, 3.05) is 19.8 Å². The number of fused-ring (bicyclic) bond motifs is 3. The van der Waals surface area contributed by atoms with Gasteiger partial charge in [-0.1, -0.05) is 48.5 Å². The van der Waals surface area contributed by atoms with E-state index in [0.29, 0.717) is 0 Å². The number of hydrogen-bond donors (Lipinski definition) is 4. The van der Waals surface area contributed by atoms with Crippen molar-refractivity contribution < 1.29 is 29.3 Å². The molecule has 29 heavy (non-hydrogen) atoms. The lowest BCUT2D eigenvalue weighted by Gasteiger charge is -2.18. The number of carbonyl (C=O) groups excluding carboxylic acids is 2. The van der Waals surface area contributed by atoms with Gasteiger partial charge in [0.15, 0.2) is 0 Å². The molecule has 0 fully saturated rings. The third-order valence-corrected chi connectivity index (χ3v) is 4.74. The van der Waals surface area contributed by atoms with Crippen LogP contribution in [0.25, 0.3) is 11.1 Å². The van der Waals surface area contributed by atoms with Crippen LogP contribution >= 0.6 is 0 Å². The van der Waals surface area contributed by atoms with Crippen LogP contribution in [0.15, 0.2) is 48.5 Å². The van der Waals surface area contributed by atoms with Crippen molar-refractivity contribution in [2.24, 2.45) is 0 Å². The summed E-state index contributed by atoms with van der Waals surface area (Å²) in [5.41, 5.74) is 4.27. The molecule has 152 valence electrons. The number of amides is 2. The molecule has 0 aromatic heterocycles. The van der Waals surface area contributed by atoms with E-state index >= 15 is 0 Å². The van der Waals surface area contributed by atoms with Crippen molar-refractivity contribution in [3.63, 3.8) is 0 Å². The number of aliphatic carboxylic acids is 1. The minimum atomic E-state index is -1.30. The third kappa shape index (κ3) is 4.72. The van der Waals surface area contributed by atoms with Crippen LogP contribution in [-0.2, 0) is 14.3 Å². The molecule has 2 aromatic rings. The zero-order valence-electron chi connectivity index (χ0n) is 15.6. The van der Waals surface area contributed by atoms with Gasteiger partial charge in [0.25, 0.3) is 0 Å². The molecular formula is C21H22N2O6. The van der Waals surface area contributed by atoms with Crippen LogP contribution < -0.4 is 10.6 Å². The van der Waals surface area contributed by atoms with E-state index in [9.17, 15) is 14.4 Å². The molecule has 0 aliphatic heterocycles. The average Bonchev–Trinajstić information content (AvgIpc) is 3.03. The summed E-state index contributed by atoms with van der Waals surface area (Å²) in [7, 11) is 0. The Morgan fingerprint density at radius 2 is 1.59 bits per heavy atom. The molecule has 1 atom stereocenters. The first-order valence-corrected chi connectivity index (χ1v) is 9.23. The fourth-order valence-electron chi connectivity index (χ4n) is 3.47. The van der Waals surface area contributed by atoms with E-state index in [1.165, 1.54) is 0 Å². The summed E-state index contributed by atoms with van der Waals surface area (Å²) in [6.45, 7) is -0.282. The normalized spacial score (nSPS) is 13.1. The second kappa shape index (κ2) is 9.20. The maximum Gasteiger partial charge on any atom is 0.407 e. The molecule has 0 radical (unpaired) electrons. The predicted molar refractivity (Wildman–Crippen MR) is 104 cm³/mol. The van der Waals surface area contributed by atoms with Crippen molar-refractivity contribution in [1.82, 2.24) is 10.6 Å². The number of nitrogens with one attached hydrogen (secondary N) is 2. The van der Waals surface area contributed by atoms with Crippen LogP contribution in [-0.4, -0.2) is 54.0 Å². The number of aliphatic hydroxyl groups is 1. The Morgan fingerprint density at radius 3 is 2.14 bits per heavy atom. The number of ether oxygens (including phenoxy) is 1. The molecule has 2 amide bonds. The number of carboxylic acid groups (broad SMARTS) is 1. The van der Waals surface area contributed by atoms with Gasteiger partial charge in [0.2, 0.25) is 5.91 Å². The molecule has 3 rings (SSSR count). The minimum absolute atomic E-state index is 0.0404. The van der Waals surface area contributed by atoms with Gasteiger partial charge in [0, 0.05) is 12.5 Å². The van der Waals surface area contributed by atoms with E-state index in [0.717, 1.165) is 22.3 Å². The average molecular weight is 398 g/mol. The minimum Gasteiger partial charge on any atom is -0.481 e. The zero-order valence-corrected chi connectivity index (χ0v) is 15.6. The summed E-state index contributed by atoms with van der Waals surface area (Å²) in [6.07, 6.45) is -1.47. The van der Waals surface area contributed by atoms with Gasteiger partial charge in [0.1, 0.15) is 12.6 Å². The van der Waals surface area contributed by atoms with Gasteiger partial charge in [-0.15, -0.1) is 0 Å². The van der Waals surface area contributed by atoms with Crippen molar-refractivity contribution in [3.05, 3.63) is 59.7 Å². The molecule has 0 heterocycles. The van der Waals surface area contributed by atoms with Crippen LogP contribution in [0.2, 0.25) is 0 Å². The van der Waals surface area contributed by atoms with Crippen LogP contribution in [0, 0.1) is 0 Å². The fourth-order valence-corrected chi connectivity index (χ4v) is 3.47. The highest BCUT2D eigenvalue weighted by molar-refractivity contribution is 5.89. The number of carbonyl (C=O) groups is 3. The largest absolute Gasteiger partial charge is 0.481 e. The van der Waals surface area contributed by atoms with Gasteiger partial charge in [-0.05, 0) is 22.3 Å². The van der Waals surface area contributed by atoms with E-state index in [4.69, 9.17) is 14.9 Å². The molecule has 1 aliphatic rings. The summed E-state index contributed by atoms with van der Waals surface area (Å²) in [6, 6.07) is 14.5. The van der Waals surface area contributed by atoms with Crippen molar-refractivity contribution in [3.8, 4) is 11.1 Å². The van der Waals surface area contributed by atoms with Crippen LogP contribution in [0.4, 0.5) is 4.79 Å². The summed E-state index contributed by atoms with van der Waals surface area (Å²) >= 11 is 0. The standard InChI is InChI=1S/C21H22N2O6/c24-10-9-22-20(27)18(11-19(25)26)23-21(28)29-12-17-15-7-3-1-5-13(15)14-6-2-4-8-16(14)17/h1-8,17-18,24H,9-12H2,(H,22,27)(H,23,28)(H,25,26)/t18-/m0/s1. The van der Waals surface area contributed by atoms with Gasteiger partial charge in [0.05, 0.1) is 13.0 Å². The van der Waals surface area contributed by atoms with Gasteiger partial charge in [-0.25, -0.2) is 4.79 Å². The lowest BCUT2D eigenvalue weighted by Crippen LogP contribution is -2.48. The Bertz CT molecular complexity index is 868. The van der Waals surface area contributed by atoms with Gasteiger partial charge in [-0.2, -0.15) is 0 Å². The number of benzene rings is 2. The molecular weight excluding hydrogens is 376 g/mol. The van der Waals surface area contributed by atoms with Gasteiger partial charge < -0.3 is 25.6 Å². The molecule has 8 heteroatoms. The van der Waals surface area contributed by atoms with Crippen LogP contribution in [0.1, 0.15) is 23.5 Å². The van der Waals surface area contributed by atoms with E-state index < -0.39 is 30.4 Å². The number of rotatable bonds is 8. The number of carboxylic acids is 1. The topological polar surface area (TPSA) is 125 Å². The molecule has 4 N–H and O–H groups in total. The maximum atomic E-state index is 12.2. The fraction of sp³-hybridized carbons (Fsp3) is 0.286. The lowest BCUT2D eigenvalue weighted by atomic mass is 9.98.